The second-order valence-corrected chi connectivity index (χ2v) is 3.83. The second-order valence-electron chi connectivity index (χ2n) is 3.11. The number of hydrogen-bond acceptors (Lipinski definition) is 4. The van der Waals surface area contributed by atoms with Crippen molar-refractivity contribution >= 4 is 17.2 Å². The Labute approximate surface area is 93.4 Å². The molecule has 15 heavy (non-hydrogen) atoms. The summed E-state index contributed by atoms with van der Waals surface area (Å²) in [4.78, 5) is 15.4. The van der Waals surface area contributed by atoms with Gasteiger partial charge in [0.1, 0.15) is 0 Å². The summed E-state index contributed by atoms with van der Waals surface area (Å²) in [5, 5.41) is 7.76. The molecule has 1 atom stereocenters. The van der Waals surface area contributed by atoms with Crippen LogP contribution in [0.25, 0.3) is 0 Å². The molecule has 0 aliphatic rings. The first-order valence-electron chi connectivity index (χ1n) is 4.73. The molecule has 0 aromatic carbocycles. The van der Waals surface area contributed by atoms with Crippen molar-refractivity contribution in [3.63, 3.8) is 0 Å². The van der Waals surface area contributed by atoms with Gasteiger partial charge in [-0.1, -0.05) is 6.08 Å². The molecule has 0 spiro atoms. The quantitative estimate of drug-likeness (QED) is 0.713. The fourth-order valence-electron chi connectivity index (χ4n) is 1.03. The standard InChI is InChI=1S/C10H15N3OS/c1-3-4-11-10(14)5-12-8(2)9-6-15-7-13-9/h3,6-8,12H,1,4-5H2,2H3,(H,11,14). The Hall–Kier alpha value is -1.20. The van der Waals surface area contributed by atoms with Gasteiger partial charge in [0.2, 0.25) is 5.91 Å². The van der Waals surface area contributed by atoms with E-state index < -0.39 is 0 Å². The summed E-state index contributed by atoms with van der Waals surface area (Å²) in [6.45, 7) is 6.31. The highest BCUT2D eigenvalue weighted by atomic mass is 32.1. The summed E-state index contributed by atoms with van der Waals surface area (Å²) >= 11 is 1.55. The Morgan fingerprint density at radius 3 is 3.20 bits per heavy atom. The van der Waals surface area contributed by atoms with Crippen LogP contribution in [0.1, 0.15) is 18.7 Å². The number of nitrogens with zero attached hydrogens (tertiary/aromatic N) is 1. The van der Waals surface area contributed by atoms with E-state index in [4.69, 9.17) is 0 Å². The van der Waals surface area contributed by atoms with Crippen LogP contribution in [-0.4, -0.2) is 24.0 Å². The Balaban J connectivity index is 2.25. The molecule has 2 N–H and O–H groups in total. The van der Waals surface area contributed by atoms with E-state index in [1.165, 1.54) is 0 Å². The molecule has 82 valence electrons. The zero-order valence-electron chi connectivity index (χ0n) is 8.69. The molecule has 0 radical (unpaired) electrons. The van der Waals surface area contributed by atoms with Crippen molar-refractivity contribution in [3.8, 4) is 0 Å². The Kier molecular flexibility index (Phi) is 5.00. The number of aromatic nitrogens is 1. The molecule has 0 bridgehead atoms. The summed E-state index contributed by atoms with van der Waals surface area (Å²) in [6, 6.07) is 0.103. The first-order chi connectivity index (χ1) is 7.24. The lowest BCUT2D eigenvalue weighted by Crippen LogP contribution is -2.35. The molecule has 1 unspecified atom stereocenters. The van der Waals surface area contributed by atoms with Crippen LogP contribution in [-0.2, 0) is 4.79 Å². The summed E-state index contributed by atoms with van der Waals surface area (Å²) in [6.07, 6.45) is 1.65. The minimum atomic E-state index is -0.0306. The molecule has 0 saturated heterocycles. The van der Waals surface area contributed by atoms with Gasteiger partial charge in [-0.3, -0.25) is 4.79 Å². The third-order valence-electron chi connectivity index (χ3n) is 1.91. The highest BCUT2D eigenvalue weighted by Gasteiger charge is 2.08. The normalized spacial score (nSPS) is 12.1. The molecule has 0 saturated carbocycles. The molecule has 4 nitrogen and oxygen atoms in total. The first-order valence-corrected chi connectivity index (χ1v) is 5.67. The smallest absolute Gasteiger partial charge is 0.234 e. The maximum atomic E-state index is 11.2. The Morgan fingerprint density at radius 1 is 1.80 bits per heavy atom. The number of carbonyl (C=O) groups excluding carboxylic acids is 1. The van der Waals surface area contributed by atoms with Gasteiger partial charge in [0.15, 0.2) is 0 Å². The molecule has 0 aliphatic heterocycles. The number of hydrogen-bond donors (Lipinski definition) is 2. The minimum absolute atomic E-state index is 0.0306. The van der Waals surface area contributed by atoms with Crippen molar-refractivity contribution in [3.05, 3.63) is 29.2 Å². The molecule has 1 aromatic heterocycles. The SMILES string of the molecule is C=CCNC(=O)CNC(C)c1cscn1. The van der Waals surface area contributed by atoms with E-state index in [1.807, 2.05) is 12.3 Å². The molecule has 0 aliphatic carbocycles. The van der Waals surface area contributed by atoms with Gasteiger partial charge in [0.05, 0.1) is 17.7 Å². The summed E-state index contributed by atoms with van der Waals surface area (Å²) < 4.78 is 0. The molecule has 1 amide bonds. The van der Waals surface area contributed by atoms with Gasteiger partial charge in [0.25, 0.3) is 0 Å². The van der Waals surface area contributed by atoms with Gasteiger partial charge < -0.3 is 10.6 Å². The lowest BCUT2D eigenvalue weighted by atomic mass is 10.2. The third kappa shape index (κ3) is 4.22. The number of rotatable bonds is 6. The topological polar surface area (TPSA) is 54.0 Å². The number of thiazole rings is 1. The van der Waals surface area contributed by atoms with Gasteiger partial charge >= 0.3 is 0 Å². The van der Waals surface area contributed by atoms with E-state index in [0.717, 1.165) is 5.69 Å². The molecule has 1 aromatic rings. The predicted molar refractivity (Wildman–Crippen MR) is 61.7 cm³/mol. The van der Waals surface area contributed by atoms with E-state index in [1.54, 1.807) is 22.9 Å². The molecule has 0 fully saturated rings. The number of nitrogens with one attached hydrogen (secondary N) is 2. The molecule has 1 rings (SSSR count). The zero-order valence-corrected chi connectivity index (χ0v) is 9.51. The Bertz CT molecular complexity index is 310. The Morgan fingerprint density at radius 2 is 2.60 bits per heavy atom. The van der Waals surface area contributed by atoms with E-state index in [0.29, 0.717) is 13.1 Å². The van der Waals surface area contributed by atoms with Crippen LogP contribution < -0.4 is 10.6 Å². The maximum Gasteiger partial charge on any atom is 0.234 e. The van der Waals surface area contributed by atoms with Crippen molar-refractivity contribution < 1.29 is 4.79 Å². The summed E-state index contributed by atoms with van der Waals surface area (Å²) in [5.41, 5.74) is 2.75. The van der Waals surface area contributed by atoms with Gasteiger partial charge in [0, 0.05) is 18.0 Å². The van der Waals surface area contributed by atoms with Gasteiger partial charge in [-0.15, -0.1) is 17.9 Å². The first kappa shape index (κ1) is 11.9. The van der Waals surface area contributed by atoms with E-state index >= 15 is 0 Å². The average Bonchev–Trinajstić information content (AvgIpc) is 2.76. The van der Waals surface area contributed by atoms with E-state index in [9.17, 15) is 4.79 Å². The molecular formula is C10H15N3OS. The lowest BCUT2D eigenvalue weighted by Gasteiger charge is -2.10. The molecular weight excluding hydrogens is 210 g/mol. The van der Waals surface area contributed by atoms with Crippen LogP contribution in [0.2, 0.25) is 0 Å². The lowest BCUT2D eigenvalue weighted by molar-refractivity contribution is -0.120. The molecule has 1 heterocycles. The van der Waals surface area contributed by atoms with Gasteiger partial charge in [-0.05, 0) is 6.92 Å². The average molecular weight is 225 g/mol. The highest BCUT2D eigenvalue weighted by molar-refractivity contribution is 7.07. The number of carbonyl (C=O) groups is 1. The summed E-state index contributed by atoms with van der Waals surface area (Å²) in [5.74, 6) is -0.0306. The zero-order chi connectivity index (χ0) is 11.1. The van der Waals surface area contributed by atoms with E-state index in [-0.39, 0.29) is 11.9 Å². The minimum Gasteiger partial charge on any atom is -0.352 e. The fourth-order valence-corrected chi connectivity index (χ4v) is 1.68. The van der Waals surface area contributed by atoms with Crippen molar-refractivity contribution in [2.45, 2.75) is 13.0 Å². The number of amides is 1. The van der Waals surface area contributed by atoms with E-state index in [2.05, 4.69) is 22.2 Å². The third-order valence-corrected chi connectivity index (χ3v) is 2.51. The van der Waals surface area contributed by atoms with Crippen LogP contribution >= 0.6 is 11.3 Å². The van der Waals surface area contributed by atoms with Crippen LogP contribution in [0, 0.1) is 0 Å². The van der Waals surface area contributed by atoms with Crippen molar-refractivity contribution in [2.75, 3.05) is 13.1 Å². The van der Waals surface area contributed by atoms with Crippen LogP contribution in [0.15, 0.2) is 23.5 Å². The van der Waals surface area contributed by atoms with Crippen molar-refractivity contribution in [2.24, 2.45) is 0 Å². The predicted octanol–water partition coefficient (Wildman–Crippen LogP) is 1.10. The monoisotopic (exact) mass is 225 g/mol. The maximum absolute atomic E-state index is 11.2. The van der Waals surface area contributed by atoms with Gasteiger partial charge in [-0.25, -0.2) is 4.98 Å². The summed E-state index contributed by atoms with van der Waals surface area (Å²) in [7, 11) is 0. The van der Waals surface area contributed by atoms with Gasteiger partial charge in [-0.2, -0.15) is 0 Å². The van der Waals surface area contributed by atoms with Crippen LogP contribution in [0.5, 0.6) is 0 Å². The molecule has 5 heteroatoms. The highest BCUT2D eigenvalue weighted by Crippen LogP contribution is 2.10. The van der Waals surface area contributed by atoms with Crippen molar-refractivity contribution in [1.82, 2.24) is 15.6 Å². The van der Waals surface area contributed by atoms with Crippen molar-refractivity contribution in [1.29, 1.82) is 0 Å². The fraction of sp³-hybridized carbons (Fsp3) is 0.400. The van der Waals surface area contributed by atoms with Crippen LogP contribution in [0.3, 0.4) is 0 Å². The second kappa shape index (κ2) is 6.31. The largest absolute Gasteiger partial charge is 0.352 e. The van der Waals surface area contributed by atoms with Crippen LogP contribution in [0.4, 0.5) is 0 Å².